The lowest BCUT2D eigenvalue weighted by molar-refractivity contribution is -0.157. The van der Waals surface area contributed by atoms with Crippen molar-refractivity contribution >= 4 is 5.97 Å². The highest BCUT2D eigenvalue weighted by atomic mass is 16.5. The lowest BCUT2D eigenvalue weighted by Gasteiger charge is -2.31. The van der Waals surface area contributed by atoms with Gasteiger partial charge in [0.2, 0.25) is 0 Å². The van der Waals surface area contributed by atoms with Crippen molar-refractivity contribution in [2.45, 2.75) is 89.6 Å². The van der Waals surface area contributed by atoms with Gasteiger partial charge in [0.05, 0.1) is 12.0 Å². The molecule has 29 heavy (non-hydrogen) atoms. The van der Waals surface area contributed by atoms with Crippen molar-refractivity contribution in [3.8, 4) is 6.07 Å². The predicted molar refractivity (Wildman–Crippen MR) is 116 cm³/mol. The van der Waals surface area contributed by atoms with Gasteiger partial charge >= 0.3 is 5.97 Å². The zero-order valence-electron chi connectivity index (χ0n) is 17.8. The second kappa shape index (κ2) is 11.2. The Morgan fingerprint density at radius 3 is 2.38 bits per heavy atom. The highest BCUT2D eigenvalue weighted by Crippen LogP contribution is 2.36. The van der Waals surface area contributed by atoms with Crippen LogP contribution in [-0.2, 0) is 16.0 Å². The molecule has 3 rings (SSSR count). The smallest absolute Gasteiger partial charge is 0.309 e. The summed E-state index contributed by atoms with van der Waals surface area (Å²) in [5.74, 6) is 1.45. The van der Waals surface area contributed by atoms with Crippen molar-refractivity contribution in [1.29, 1.82) is 5.26 Å². The molecule has 1 aromatic carbocycles. The lowest BCUT2D eigenvalue weighted by atomic mass is 9.79. The van der Waals surface area contributed by atoms with Gasteiger partial charge in [-0.2, -0.15) is 5.26 Å². The second-order valence-electron chi connectivity index (χ2n) is 8.83. The fourth-order valence-electron chi connectivity index (χ4n) is 4.95. The van der Waals surface area contributed by atoms with Crippen molar-refractivity contribution in [1.82, 2.24) is 0 Å². The summed E-state index contributed by atoms with van der Waals surface area (Å²) in [4.78, 5) is 12.6. The number of ether oxygens (including phenoxy) is 1. The Kier molecular flexibility index (Phi) is 8.35. The van der Waals surface area contributed by atoms with Crippen LogP contribution in [0.4, 0.5) is 0 Å². The number of allylic oxidation sites excluding steroid dienone is 2. The van der Waals surface area contributed by atoms with Crippen LogP contribution in [0.1, 0.15) is 88.2 Å². The highest BCUT2D eigenvalue weighted by Gasteiger charge is 2.30. The van der Waals surface area contributed by atoms with Crippen molar-refractivity contribution in [3.63, 3.8) is 0 Å². The van der Waals surface area contributed by atoms with E-state index in [1.807, 2.05) is 12.1 Å². The van der Waals surface area contributed by atoms with E-state index in [0.717, 1.165) is 70.6 Å². The summed E-state index contributed by atoms with van der Waals surface area (Å²) < 4.78 is 5.91. The minimum Gasteiger partial charge on any atom is -0.462 e. The Morgan fingerprint density at radius 2 is 1.76 bits per heavy atom. The van der Waals surface area contributed by atoms with Crippen LogP contribution >= 0.6 is 0 Å². The van der Waals surface area contributed by atoms with Gasteiger partial charge in [-0.15, -0.1) is 0 Å². The molecule has 1 aromatic rings. The van der Waals surface area contributed by atoms with Crippen LogP contribution in [0.5, 0.6) is 0 Å². The van der Waals surface area contributed by atoms with E-state index >= 15 is 0 Å². The minimum atomic E-state index is 0.0450. The van der Waals surface area contributed by atoms with Gasteiger partial charge in [-0.05, 0) is 93.6 Å². The van der Waals surface area contributed by atoms with Crippen LogP contribution in [-0.4, -0.2) is 12.1 Å². The van der Waals surface area contributed by atoms with Crippen LogP contribution in [0, 0.1) is 23.2 Å². The van der Waals surface area contributed by atoms with Gasteiger partial charge in [0, 0.05) is 6.08 Å². The maximum atomic E-state index is 12.6. The summed E-state index contributed by atoms with van der Waals surface area (Å²) in [5, 5.41) is 8.54. The number of hydrogen-bond donors (Lipinski definition) is 0. The summed E-state index contributed by atoms with van der Waals surface area (Å²) in [6.07, 6.45) is 15.2. The van der Waals surface area contributed by atoms with Gasteiger partial charge in [0.15, 0.2) is 0 Å². The molecule has 0 aromatic heterocycles. The summed E-state index contributed by atoms with van der Waals surface area (Å²) in [7, 11) is 0. The molecule has 0 aliphatic heterocycles. The first-order chi connectivity index (χ1) is 14.2. The van der Waals surface area contributed by atoms with Crippen LogP contribution < -0.4 is 0 Å². The van der Waals surface area contributed by atoms with E-state index < -0.39 is 0 Å². The number of nitrogens with zero attached hydrogens (tertiary/aromatic N) is 1. The summed E-state index contributed by atoms with van der Waals surface area (Å²) in [6, 6.07) is 11.1. The monoisotopic (exact) mass is 393 g/mol. The Morgan fingerprint density at radius 1 is 1.07 bits per heavy atom. The molecule has 0 spiro atoms. The summed E-state index contributed by atoms with van der Waals surface area (Å²) in [6.45, 7) is 2.19. The number of hydrogen-bond acceptors (Lipinski definition) is 3. The van der Waals surface area contributed by atoms with Crippen molar-refractivity contribution in [3.05, 3.63) is 47.5 Å². The SMILES string of the molecule is CCc1ccc([C@H]2CC[C@H](OC(=O)[C@H]3CC[C@H](CCC=CC#N)CC3)CC2)cc1. The van der Waals surface area contributed by atoms with Crippen molar-refractivity contribution in [2.75, 3.05) is 0 Å². The zero-order chi connectivity index (χ0) is 20.5. The third-order valence-electron chi connectivity index (χ3n) is 6.93. The normalized spacial score (nSPS) is 27.4. The first-order valence-electron chi connectivity index (χ1n) is 11.5. The average Bonchev–Trinajstić information content (AvgIpc) is 2.78. The van der Waals surface area contributed by atoms with E-state index in [9.17, 15) is 4.79 Å². The van der Waals surface area contributed by atoms with E-state index in [4.69, 9.17) is 10.00 Å². The molecule has 0 unspecified atom stereocenters. The van der Waals surface area contributed by atoms with Crippen LogP contribution in [0.15, 0.2) is 36.4 Å². The fraction of sp³-hybridized carbons (Fsp3) is 0.615. The zero-order valence-corrected chi connectivity index (χ0v) is 17.8. The number of nitriles is 1. The van der Waals surface area contributed by atoms with Crippen LogP contribution in [0.25, 0.3) is 0 Å². The second-order valence-corrected chi connectivity index (χ2v) is 8.83. The molecule has 0 saturated heterocycles. The molecule has 3 nitrogen and oxygen atoms in total. The quantitative estimate of drug-likeness (QED) is 0.393. The van der Waals surface area contributed by atoms with Gasteiger partial charge in [0.25, 0.3) is 0 Å². The summed E-state index contributed by atoms with van der Waals surface area (Å²) >= 11 is 0. The average molecular weight is 394 g/mol. The largest absolute Gasteiger partial charge is 0.462 e. The Bertz CT molecular complexity index is 699. The van der Waals surface area contributed by atoms with Gasteiger partial charge in [-0.3, -0.25) is 4.79 Å². The third kappa shape index (κ3) is 6.46. The molecule has 0 radical (unpaired) electrons. The number of rotatable bonds is 7. The number of esters is 1. The highest BCUT2D eigenvalue weighted by molar-refractivity contribution is 5.72. The molecular formula is C26H35NO2. The van der Waals surface area contributed by atoms with E-state index in [2.05, 4.69) is 31.2 Å². The van der Waals surface area contributed by atoms with Gasteiger partial charge < -0.3 is 4.74 Å². The lowest BCUT2D eigenvalue weighted by Crippen LogP contribution is -2.29. The van der Waals surface area contributed by atoms with Gasteiger partial charge in [-0.25, -0.2) is 0 Å². The molecule has 2 aliphatic carbocycles. The Balaban J connectivity index is 1.36. The first-order valence-corrected chi connectivity index (χ1v) is 11.5. The van der Waals surface area contributed by atoms with E-state index in [-0.39, 0.29) is 18.0 Å². The Hall–Kier alpha value is -2.08. The van der Waals surface area contributed by atoms with Crippen LogP contribution in [0.3, 0.4) is 0 Å². The first kappa shape index (κ1) is 21.6. The predicted octanol–water partition coefficient (Wildman–Crippen LogP) is 6.48. The molecule has 2 aliphatic rings. The maximum absolute atomic E-state index is 12.6. The van der Waals surface area contributed by atoms with E-state index in [1.165, 1.54) is 11.1 Å². The summed E-state index contributed by atoms with van der Waals surface area (Å²) in [5.41, 5.74) is 2.83. The molecule has 0 N–H and O–H groups in total. The molecule has 156 valence electrons. The number of carbonyl (C=O) groups is 1. The van der Waals surface area contributed by atoms with Gasteiger partial charge in [-0.1, -0.05) is 37.3 Å². The fourth-order valence-corrected chi connectivity index (χ4v) is 4.95. The molecular weight excluding hydrogens is 358 g/mol. The number of carbonyl (C=O) groups excluding carboxylic acids is 1. The number of benzene rings is 1. The molecule has 0 amide bonds. The van der Waals surface area contributed by atoms with Crippen molar-refractivity contribution < 1.29 is 9.53 Å². The molecule has 3 heteroatoms. The van der Waals surface area contributed by atoms with Crippen LogP contribution in [0.2, 0.25) is 0 Å². The third-order valence-corrected chi connectivity index (χ3v) is 6.93. The van der Waals surface area contributed by atoms with Gasteiger partial charge in [0.1, 0.15) is 6.10 Å². The molecule has 2 fully saturated rings. The maximum Gasteiger partial charge on any atom is 0.309 e. The van der Waals surface area contributed by atoms with E-state index in [1.54, 1.807) is 6.08 Å². The molecule has 0 atom stereocenters. The van der Waals surface area contributed by atoms with E-state index in [0.29, 0.717) is 11.8 Å². The topological polar surface area (TPSA) is 50.1 Å². The molecule has 0 bridgehead atoms. The Labute approximate surface area is 176 Å². The molecule has 2 saturated carbocycles. The minimum absolute atomic E-state index is 0.0450. The number of aryl methyl sites for hydroxylation is 1. The standard InChI is InChI=1S/C26H35NO2/c1-2-20-7-11-22(12-8-20)23-15-17-25(18-16-23)29-26(28)24-13-9-21(10-14-24)6-4-3-5-19-27/h3,5,7-8,11-12,21,23-25H,2,4,6,9-10,13-18H2,1H3/t21-,23-,24-,25-. The van der Waals surface area contributed by atoms with Crippen molar-refractivity contribution in [2.24, 2.45) is 11.8 Å². The molecule has 0 heterocycles.